The number of aliphatic hydroxyl groups excluding tert-OH is 1. The molecule has 168 valence electrons. The van der Waals surface area contributed by atoms with Crippen LogP contribution in [0.25, 0.3) is 11.0 Å². The van der Waals surface area contributed by atoms with Crippen LogP contribution in [0.4, 0.5) is 19.1 Å². The maximum absolute atomic E-state index is 13.0. The summed E-state index contributed by atoms with van der Waals surface area (Å²) in [6.45, 7) is 3.77. The Labute approximate surface area is 181 Å². The molecule has 32 heavy (non-hydrogen) atoms. The van der Waals surface area contributed by atoms with Crippen LogP contribution in [0.1, 0.15) is 35.3 Å². The number of imidazole rings is 1. The van der Waals surface area contributed by atoms with Gasteiger partial charge in [0.15, 0.2) is 0 Å². The van der Waals surface area contributed by atoms with E-state index in [1.54, 1.807) is 30.7 Å². The van der Waals surface area contributed by atoms with Gasteiger partial charge in [-0.2, -0.15) is 13.2 Å². The zero-order valence-electron chi connectivity index (χ0n) is 17.4. The van der Waals surface area contributed by atoms with Crippen molar-refractivity contribution in [1.29, 1.82) is 5.41 Å². The fourth-order valence-corrected chi connectivity index (χ4v) is 3.55. The number of aromatic nitrogens is 3. The molecule has 4 aromatic rings. The Balaban J connectivity index is 1.55. The van der Waals surface area contributed by atoms with Crippen LogP contribution in [0.5, 0.6) is 0 Å². The molecule has 0 radical (unpaired) electrons. The minimum Gasteiger partial charge on any atom is -0.429 e. The van der Waals surface area contributed by atoms with Crippen LogP contribution < -0.4 is 11.0 Å². The summed E-state index contributed by atoms with van der Waals surface area (Å²) in [5.41, 5.74) is 1.83. The Bertz CT molecular complexity index is 1300. The fourth-order valence-electron chi connectivity index (χ4n) is 3.55. The lowest BCUT2D eigenvalue weighted by atomic mass is 9.97. The van der Waals surface area contributed by atoms with E-state index in [-0.39, 0.29) is 5.68 Å². The van der Waals surface area contributed by atoms with Crippen LogP contribution in [0.3, 0.4) is 0 Å². The van der Waals surface area contributed by atoms with Gasteiger partial charge < -0.3 is 19.8 Å². The molecule has 0 aliphatic rings. The molecule has 10 heteroatoms. The Hall–Kier alpha value is -3.53. The molecule has 0 aliphatic heterocycles. The number of H-pyrrole nitrogens is 1. The Kier molecular flexibility index (Phi) is 5.55. The number of nitrogens with zero attached hydrogens (tertiary/aromatic N) is 2. The first-order valence-corrected chi connectivity index (χ1v) is 9.92. The number of hydrogen-bond donors (Lipinski definition) is 4. The number of halogens is 3. The summed E-state index contributed by atoms with van der Waals surface area (Å²) >= 11 is 0. The molecule has 4 N–H and O–H groups in total. The molecule has 0 saturated heterocycles. The van der Waals surface area contributed by atoms with Crippen LogP contribution in [-0.2, 0) is 12.7 Å². The summed E-state index contributed by atoms with van der Waals surface area (Å²) in [4.78, 5) is 7.58. The third-order valence-electron chi connectivity index (χ3n) is 5.29. The number of rotatable bonds is 6. The molecule has 2 heterocycles. The molecule has 0 aliphatic carbocycles. The zero-order valence-corrected chi connectivity index (χ0v) is 17.4. The standard InChI is InChI=1S/C22H22F3N5O2/c1-12-10-30(20(26)32-12)11-15-6-4-8-17-18(15)28-21(27-17)29-19(31)13(2)14-5-3-7-16(9-14)22(23,24)25/h3-10,13,19,26,31H,11H2,1-2H3,(H2,27,28,29). The van der Waals surface area contributed by atoms with E-state index in [1.165, 1.54) is 6.07 Å². The summed E-state index contributed by atoms with van der Waals surface area (Å²) in [7, 11) is 0. The lowest BCUT2D eigenvalue weighted by molar-refractivity contribution is -0.137. The zero-order chi connectivity index (χ0) is 23.0. The molecular formula is C22H22F3N5O2. The van der Waals surface area contributed by atoms with Gasteiger partial charge in [-0.05, 0) is 30.2 Å². The summed E-state index contributed by atoms with van der Waals surface area (Å²) in [5.74, 6) is 0.289. The van der Waals surface area contributed by atoms with Crippen LogP contribution >= 0.6 is 0 Å². The van der Waals surface area contributed by atoms with E-state index in [1.807, 2.05) is 18.2 Å². The van der Waals surface area contributed by atoms with Crippen molar-refractivity contribution < 1.29 is 22.7 Å². The van der Waals surface area contributed by atoms with Crippen molar-refractivity contribution in [2.75, 3.05) is 5.32 Å². The molecule has 2 unspecified atom stereocenters. The maximum atomic E-state index is 13.0. The van der Waals surface area contributed by atoms with Gasteiger partial charge in [0.05, 0.1) is 23.1 Å². The number of aromatic amines is 1. The second kappa shape index (κ2) is 8.19. The fraction of sp³-hybridized carbons (Fsp3) is 0.273. The molecule has 7 nitrogen and oxygen atoms in total. The van der Waals surface area contributed by atoms with Gasteiger partial charge in [0.25, 0.3) is 5.68 Å². The van der Waals surface area contributed by atoms with Gasteiger partial charge in [-0.25, -0.2) is 4.98 Å². The smallest absolute Gasteiger partial charge is 0.416 e. The lowest BCUT2D eigenvalue weighted by Crippen LogP contribution is -2.26. The molecule has 0 saturated carbocycles. The van der Waals surface area contributed by atoms with Crippen molar-refractivity contribution in [1.82, 2.24) is 14.5 Å². The summed E-state index contributed by atoms with van der Waals surface area (Å²) in [6.07, 6.45) is -3.89. The number of aryl methyl sites for hydroxylation is 1. The molecule has 4 rings (SSSR count). The van der Waals surface area contributed by atoms with Crippen LogP contribution in [-0.4, -0.2) is 25.9 Å². The van der Waals surface area contributed by atoms with E-state index < -0.39 is 23.9 Å². The minimum atomic E-state index is -4.45. The first-order valence-electron chi connectivity index (χ1n) is 9.92. The van der Waals surface area contributed by atoms with Crippen molar-refractivity contribution in [3.05, 3.63) is 76.8 Å². The number of nitrogens with one attached hydrogen (secondary N) is 3. The maximum Gasteiger partial charge on any atom is 0.416 e. The van der Waals surface area contributed by atoms with Gasteiger partial charge in [-0.15, -0.1) is 0 Å². The number of oxazole rings is 1. The molecule has 0 amide bonds. The average Bonchev–Trinajstić information content (AvgIpc) is 3.29. The van der Waals surface area contributed by atoms with E-state index >= 15 is 0 Å². The molecule has 0 bridgehead atoms. The molecule has 0 spiro atoms. The normalized spacial score (nSPS) is 13.9. The first-order chi connectivity index (χ1) is 15.1. The van der Waals surface area contributed by atoms with Crippen LogP contribution in [0.2, 0.25) is 0 Å². The van der Waals surface area contributed by atoms with E-state index in [9.17, 15) is 18.3 Å². The third kappa shape index (κ3) is 4.40. The van der Waals surface area contributed by atoms with Gasteiger partial charge in [-0.3, -0.25) is 9.98 Å². The van der Waals surface area contributed by atoms with Crippen LogP contribution in [0, 0.1) is 12.3 Å². The van der Waals surface area contributed by atoms with E-state index in [0.717, 1.165) is 23.2 Å². The minimum absolute atomic E-state index is 0.0266. The Morgan fingerprint density at radius 1 is 1.25 bits per heavy atom. The molecule has 2 atom stereocenters. The third-order valence-corrected chi connectivity index (χ3v) is 5.29. The van der Waals surface area contributed by atoms with Gasteiger partial charge in [-0.1, -0.05) is 37.3 Å². The average molecular weight is 445 g/mol. The van der Waals surface area contributed by atoms with E-state index in [2.05, 4.69) is 15.3 Å². The van der Waals surface area contributed by atoms with E-state index in [4.69, 9.17) is 9.83 Å². The van der Waals surface area contributed by atoms with Crippen molar-refractivity contribution in [3.8, 4) is 0 Å². The van der Waals surface area contributed by atoms with Crippen molar-refractivity contribution >= 4 is 17.0 Å². The second-order valence-corrected chi connectivity index (χ2v) is 7.67. The second-order valence-electron chi connectivity index (χ2n) is 7.67. The highest BCUT2D eigenvalue weighted by molar-refractivity contribution is 5.81. The lowest BCUT2D eigenvalue weighted by Gasteiger charge is -2.21. The number of para-hydroxylation sites is 1. The highest BCUT2D eigenvalue weighted by Crippen LogP contribution is 2.32. The number of aliphatic hydroxyl groups is 1. The summed E-state index contributed by atoms with van der Waals surface area (Å²) in [6, 6.07) is 10.5. The van der Waals surface area contributed by atoms with Gasteiger partial charge >= 0.3 is 6.18 Å². The SMILES string of the molecule is Cc1cn(Cc2cccc3[nH]c(NC(O)C(C)c4cccc(C(F)(F)F)c4)nc23)c(=N)o1. The summed E-state index contributed by atoms with van der Waals surface area (Å²) in [5, 5.41) is 21.3. The van der Waals surface area contributed by atoms with Gasteiger partial charge in [0.2, 0.25) is 5.95 Å². The highest BCUT2D eigenvalue weighted by atomic mass is 19.4. The van der Waals surface area contributed by atoms with Crippen LogP contribution in [0.15, 0.2) is 53.1 Å². The number of anilines is 1. The molecular weight excluding hydrogens is 423 g/mol. The van der Waals surface area contributed by atoms with Gasteiger partial charge in [0.1, 0.15) is 12.0 Å². The molecule has 0 fully saturated rings. The largest absolute Gasteiger partial charge is 0.429 e. The predicted octanol–water partition coefficient (Wildman–Crippen LogP) is 4.35. The summed E-state index contributed by atoms with van der Waals surface area (Å²) < 4.78 is 45.9. The predicted molar refractivity (Wildman–Crippen MR) is 112 cm³/mol. The number of alkyl halides is 3. The topological polar surface area (TPSA) is 103 Å². The Morgan fingerprint density at radius 3 is 2.69 bits per heavy atom. The van der Waals surface area contributed by atoms with Crippen molar-refractivity contribution in [2.24, 2.45) is 0 Å². The quantitative estimate of drug-likeness (QED) is 0.332. The number of fused-ring (bicyclic) bond motifs is 1. The molecule has 2 aromatic heterocycles. The van der Waals surface area contributed by atoms with Crippen molar-refractivity contribution in [2.45, 2.75) is 38.7 Å². The number of benzene rings is 2. The van der Waals surface area contributed by atoms with Crippen molar-refractivity contribution in [3.63, 3.8) is 0 Å². The first kappa shape index (κ1) is 21.7. The number of hydrogen-bond acceptors (Lipinski definition) is 5. The highest BCUT2D eigenvalue weighted by Gasteiger charge is 2.31. The van der Waals surface area contributed by atoms with E-state index in [0.29, 0.717) is 29.3 Å². The Morgan fingerprint density at radius 2 is 2.00 bits per heavy atom. The monoisotopic (exact) mass is 445 g/mol. The van der Waals surface area contributed by atoms with Gasteiger partial charge in [0, 0.05) is 12.1 Å². The molecule has 2 aromatic carbocycles.